The number of imidazole rings is 1. The fourth-order valence-electron chi connectivity index (χ4n) is 2.52. The number of esters is 1. The monoisotopic (exact) mass is 412 g/mol. The van der Waals surface area contributed by atoms with Gasteiger partial charge >= 0.3 is 5.97 Å². The van der Waals surface area contributed by atoms with E-state index in [1.807, 2.05) is 17.5 Å². The largest absolute Gasteiger partial charge is 0.452 e. The molecule has 0 saturated carbocycles. The standard InChI is InChI=1S/C19H13ClN4O3S/c20-13-4-1-11(2-5-13)16-9-28-19(23-16)24-17(25)8-27-18(26)12-3-6-14-15(7-12)22-10-21-14/h1-7,9-10H,8H2,(H,21,22)(H,23,24,25). The number of H-pyrrole nitrogens is 1. The van der Waals surface area contributed by atoms with Gasteiger partial charge in [0.1, 0.15) is 0 Å². The predicted octanol–water partition coefficient (Wildman–Crippen LogP) is 4.14. The maximum Gasteiger partial charge on any atom is 0.338 e. The van der Waals surface area contributed by atoms with Crippen LogP contribution in [-0.2, 0) is 9.53 Å². The minimum absolute atomic E-state index is 0.337. The molecular weight excluding hydrogens is 400 g/mol. The number of hydrogen-bond donors (Lipinski definition) is 2. The van der Waals surface area contributed by atoms with Crippen LogP contribution >= 0.6 is 22.9 Å². The summed E-state index contributed by atoms with van der Waals surface area (Å²) < 4.78 is 5.07. The highest BCUT2D eigenvalue weighted by Crippen LogP contribution is 2.26. The molecule has 0 aliphatic rings. The van der Waals surface area contributed by atoms with E-state index in [2.05, 4.69) is 20.3 Å². The Bertz CT molecular complexity index is 1150. The molecule has 7 nitrogen and oxygen atoms in total. The van der Waals surface area contributed by atoms with E-state index in [-0.39, 0.29) is 0 Å². The van der Waals surface area contributed by atoms with Crippen LogP contribution in [0.5, 0.6) is 0 Å². The lowest BCUT2D eigenvalue weighted by molar-refractivity contribution is -0.119. The van der Waals surface area contributed by atoms with Gasteiger partial charge in [-0.05, 0) is 30.3 Å². The lowest BCUT2D eigenvalue weighted by atomic mass is 10.2. The molecule has 2 N–H and O–H groups in total. The molecule has 4 rings (SSSR count). The smallest absolute Gasteiger partial charge is 0.338 e. The van der Waals surface area contributed by atoms with E-state index in [4.69, 9.17) is 16.3 Å². The number of amides is 1. The summed E-state index contributed by atoms with van der Waals surface area (Å²) in [5, 5.41) is 5.51. The third kappa shape index (κ3) is 4.03. The molecule has 2 aromatic heterocycles. The van der Waals surface area contributed by atoms with Crippen molar-refractivity contribution in [2.75, 3.05) is 11.9 Å². The Balaban J connectivity index is 1.34. The molecule has 4 aromatic rings. The summed E-state index contributed by atoms with van der Waals surface area (Å²) >= 11 is 7.16. The van der Waals surface area contributed by atoms with Crippen LogP contribution in [-0.4, -0.2) is 33.4 Å². The molecule has 0 aliphatic heterocycles. The minimum atomic E-state index is -0.590. The maximum absolute atomic E-state index is 12.1. The highest BCUT2D eigenvalue weighted by Gasteiger charge is 2.13. The summed E-state index contributed by atoms with van der Waals surface area (Å²) in [6, 6.07) is 12.2. The summed E-state index contributed by atoms with van der Waals surface area (Å²) in [7, 11) is 0. The van der Waals surface area contributed by atoms with Crippen LogP contribution in [0.1, 0.15) is 10.4 Å². The predicted molar refractivity (Wildman–Crippen MR) is 108 cm³/mol. The van der Waals surface area contributed by atoms with Gasteiger partial charge in [-0.15, -0.1) is 11.3 Å². The van der Waals surface area contributed by atoms with E-state index in [0.717, 1.165) is 22.3 Å². The second kappa shape index (κ2) is 7.79. The lowest BCUT2D eigenvalue weighted by Gasteiger charge is -2.05. The number of anilines is 1. The molecule has 0 bridgehead atoms. The topological polar surface area (TPSA) is 97.0 Å². The fraction of sp³-hybridized carbons (Fsp3) is 0.0526. The summed E-state index contributed by atoms with van der Waals surface area (Å²) in [6.07, 6.45) is 1.54. The second-order valence-corrected chi connectivity index (χ2v) is 7.10. The van der Waals surface area contributed by atoms with E-state index in [1.165, 1.54) is 11.3 Å². The number of nitrogens with zero attached hydrogens (tertiary/aromatic N) is 2. The van der Waals surface area contributed by atoms with Crippen LogP contribution in [0.3, 0.4) is 0 Å². The number of hydrogen-bond acceptors (Lipinski definition) is 6. The number of nitrogens with one attached hydrogen (secondary N) is 2. The number of carbonyl (C=O) groups excluding carboxylic acids is 2. The molecule has 0 saturated heterocycles. The molecule has 9 heteroatoms. The Kier molecular flexibility index (Phi) is 5.05. The Labute approximate surface area is 168 Å². The van der Waals surface area contributed by atoms with Gasteiger partial charge in [0.25, 0.3) is 5.91 Å². The third-order valence-corrected chi connectivity index (χ3v) is 4.89. The minimum Gasteiger partial charge on any atom is -0.452 e. The van der Waals surface area contributed by atoms with Crippen molar-refractivity contribution < 1.29 is 14.3 Å². The first-order valence-corrected chi connectivity index (χ1v) is 9.46. The van der Waals surface area contributed by atoms with Crippen molar-refractivity contribution in [1.29, 1.82) is 0 Å². The molecule has 140 valence electrons. The Morgan fingerprint density at radius 3 is 2.82 bits per heavy atom. The number of halogens is 1. The molecule has 28 heavy (non-hydrogen) atoms. The van der Waals surface area contributed by atoms with Crippen LogP contribution in [0.2, 0.25) is 5.02 Å². The zero-order chi connectivity index (χ0) is 19.5. The maximum atomic E-state index is 12.1. The molecule has 2 heterocycles. The molecule has 0 fully saturated rings. The first-order chi connectivity index (χ1) is 13.6. The second-order valence-electron chi connectivity index (χ2n) is 5.80. The van der Waals surface area contributed by atoms with Crippen LogP contribution in [0.4, 0.5) is 5.13 Å². The van der Waals surface area contributed by atoms with Crippen molar-refractivity contribution in [3.63, 3.8) is 0 Å². The van der Waals surface area contributed by atoms with Crippen molar-refractivity contribution >= 4 is 51.0 Å². The van der Waals surface area contributed by atoms with E-state index < -0.39 is 18.5 Å². The summed E-state index contributed by atoms with van der Waals surface area (Å²) in [6.45, 7) is -0.407. The summed E-state index contributed by atoms with van der Waals surface area (Å²) in [4.78, 5) is 35.5. The summed E-state index contributed by atoms with van der Waals surface area (Å²) in [5.74, 6) is -1.05. The van der Waals surface area contributed by atoms with Gasteiger partial charge < -0.3 is 9.72 Å². The fourth-order valence-corrected chi connectivity index (χ4v) is 3.38. The van der Waals surface area contributed by atoms with E-state index in [1.54, 1.807) is 36.7 Å². The van der Waals surface area contributed by atoms with Gasteiger partial charge in [-0.1, -0.05) is 23.7 Å². The van der Waals surface area contributed by atoms with E-state index in [9.17, 15) is 9.59 Å². The molecule has 0 spiro atoms. The van der Waals surface area contributed by atoms with Gasteiger partial charge in [-0.2, -0.15) is 0 Å². The molecule has 2 aromatic carbocycles. The number of aromatic nitrogens is 3. The Morgan fingerprint density at radius 2 is 2.00 bits per heavy atom. The van der Waals surface area contributed by atoms with Gasteiger partial charge in [0.05, 0.1) is 28.6 Å². The van der Waals surface area contributed by atoms with E-state index >= 15 is 0 Å². The van der Waals surface area contributed by atoms with Crippen LogP contribution < -0.4 is 5.32 Å². The number of aromatic amines is 1. The molecule has 0 radical (unpaired) electrons. The normalized spacial score (nSPS) is 10.8. The highest BCUT2D eigenvalue weighted by molar-refractivity contribution is 7.14. The average molecular weight is 413 g/mol. The Hall–Kier alpha value is -3.23. The zero-order valence-corrected chi connectivity index (χ0v) is 15.9. The first kappa shape index (κ1) is 18.1. The van der Waals surface area contributed by atoms with Crippen molar-refractivity contribution in [3.8, 4) is 11.3 Å². The van der Waals surface area contributed by atoms with Gasteiger partial charge in [-0.25, -0.2) is 14.8 Å². The SMILES string of the molecule is O=C(COC(=O)c1ccc2nc[nH]c2c1)Nc1nc(-c2ccc(Cl)cc2)cs1. The van der Waals surface area contributed by atoms with Crippen molar-refractivity contribution in [1.82, 2.24) is 15.0 Å². The zero-order valence-electron chi connectivity index (χ0n) is 14.3. The average Bonchev–Trinajstić information content (AvgIpc) is 3.35. The number of carbonyl (C=O) groups is 2. The van der Waals surface area contributed by atoms with Gasteiger partial charge in [0, 0.05) is 16.0 Å². The highest BCUT2D eigenvalue weighted by atomic mass is 35.5. The lowest BCUT2D eigenvalue weighted by Crippen LogP contribution is -2.20. The van der Waals surface area contributed by atoms with Crippen LogP contribution in [0.15, 0.2) is 54.2 Å². The van der Waals surface area contributed by atoms with Gasteiger partial charge in [0.15, 0.2) is 11.7 Å². The number of ether oxygens (including phenoxy) is 1. The van der Waals surface area contributed by atoms with Crippen LogP contribution in [0.25, 0.3) is 22.3 Å². The van der Waals surface area contributed by atoms with E-state index in [0.29, 0.717) is 15.7 Å². The quantitative estimate of drug-likeness (QED) is 0.480. The van der Waals surface area contributed by atoms with Gasteiger partial charge in [-0.3, -0.25) is 10.1 Å². The van der Waals surface area contributed by atoms with Crippen molar-refractivity contribution in [2.24, 2.45) is 0 Å². The number of thiazole rings is 1. The number of benzene rings is 2. The molecular formula is C19H13ClN4O3S. The number of rotatable bonds is 5. The van der Waals surface area contributed by atoms with Gasteiger partial charge in [0.2, 0.25) is 0 Å². The van der Waals surface area contributed by atoms with Crippen molar-refractivity contribution in [3.05, 3.63) is 64.8 Å². The molecule has 0 aliphatic carbocycles. The molecule has 1 amide bonds. The van der Waals surface area contributed by atoms with Crippen LogP contribution in [0, 0.1) is 0 Å². The molecule has 0 atom stereocenters. The number of fused-ring (bicyclic) bond motifs is 1. The first-order valence-electron chi connectivity index (χ1n) is 8.20. The molecule has 0 unspecified atom stereocenters. The Morgan fingerprint density at radius 1 is 1.18 bits per heavy atom. The van der Waals surface area contributed by atoms with Crippen molar-refractivity contribution in [2.45, 2.75) is 0 Å². The third-order valence-electron chi connectivity index (χ3n) is 3.88. The summed E-state index contributed by atoms with van der Waals surface area (Å²) in [5.41, 5.74) is 3.42.